The van der Waals surface area contributed by atoms with Gasteiger partial charge in [-0.15, -0.1) is 24.0 Å². The van der Waals surface area contributed by atoms with Gasteiger partial charge in [0.25, 0.3) is 0 Å². The summed E-state index contributed by atoms with van der Waals surface area (Å²) < 4.78 is 12.7. The van der Waals surface area contributed by atoms with E-state index in [-0.39, 0.29) is 36.8 Å². The molecule has 0 aliphatic carbocycles. The molecule has 0 spiro atoms. The van der Waals surface area contributed by atoms with E-state index in [1.165, 1.54) is 5.56 Å². The fourth-order valence-corrected chi connectivity index (χ4v) is 3.17. The van der Waals surface area contributed by atoms with Crippen LogP contribution in [-0.4, -0.2) is 67.1 Å². The Morgan fingerprint density at radius 1 is 1.29 bits per heavy atom. The summed E-state index contributed by atoms with van der Waals surface area (Å²) in [6, 6.07) is 6.22. The summed E-state index contributed by atoms with van der Waals surface area (Å²) in [5.74, 6) is 2.44. The monoisotopic (exact) mass is 500 g/mol. The van der Waals surface area contributed by atoms with Gasteiger partial charge >= 0.3 is 0 Å². The average molecular weight is 500 g/mol. The Morgan fingerprint density at radius 2 is 2.04 bits per heavy atom. The normalized spacial score (nSPS) is 14.0. The van der Waals surface area contributed by atoms with Crippen molar-refractivity contribution in [3.63, 3.8) is 0 Å². The van der Waals surface area contributed by atoms with E-state index in [1.807, 2.05) is 43.3 Å². The van der Waals surface area contributed by atoms with Gasteiger partial charge in [-0.3, -0.25) is 9.67 Å². The molecule has 154 valence electrons. The highest BCUT2D eigenvalue weighted by Crippen LogP contribution is 2.32. The zero-order valence-electron chi connectivity index (χ0n) is 17.0. The summed E-state index contributed by atoms with van der Waals surface area (Å²) >= 11 is 0. The van der Waals surface area contributed by atoms with Crippen LogP contribution >= 0.6 is 24.0 Å². The summed E-state index contributed by atoms with van der Waals surface area (Å²) in [6.07, 6.45) is 3.96. The summed E-state index contributed by atoms with van der Waals surface area (Å²) in [5, 5.41) is 7.76. The van der Waals surface area contributed by atoms with Gasteiger partial charge in [0.1, 0.15) is 0 Å². The van der Waals surface area contributed by atoms with Crippen molar-refractivity contribution in [2.45, 2.75) is 12.6 Å². The highest BCUT2D eigenvalue weighted by atomic mass is 127. The number of hydrogen-bond acceptors (Lipinski definition) is 5. The minimum absolute atomic E-state index is 0. The standard InChI is InChI=1S/C19H28N6O2.HI/c1-20-19(21-10-16(23(2)3)15-9-22-25(5)12-15)24(4)11-14-6-7-17-18(8-14)27-13-26-17;/h6-9,12,16H,10-11,13H2,1-5H3,(H,20,21);1H. The number of aryl methyl sites for hydroxylation is 1. The number of guanidine groups is 1. The molecule has 3 rings (SSSR count). The van der Waals surface area contributed by atoms with Crippen molar-refractivity contribution < 1.29 is 9.47 Å². The molecule has 1 atom stereocenters. The van der Waals surface area contributed by atoms with Gasteiger partial charge in [-0.1, -0.05) is 6.07 Å². The molecule has 0 fully saturated rings. The van der Waals surface area contributed by atoms with Crippen LogP contribution in [0.1, 0.15) is 17.2 Å². The number of nitrogens with zero attached hydrogens (tertiary/aromatic N) is 5. The van der Waals surface area contributed by atoms with Crippen LogP contribution in [0.5, 0.6) is 11.5 Å². The smallest absolute Gasteiger partial charge is 0.231 e. The molecule has 28 heavy (non-hydrogen) atoms. The minimum Gasteiger partial charge on any atom is -0.454 e. The van der Waals surface area contributed by atoms with Crippen LogP contribution in [0.2, 0.25) is 0 Å². The van der Waals surface area contributed by atoms with Crippen LogP contribution in [-0.2, 0) is 13.6 Å². The summed E-state index contributed by atoms with van der Waals surface area (Å²) in [4.78, 5) is 8.69. The fraction of sp³-hybridized carbons (Fsp3) is 0.474. The number of rotatable bonds is 6. The molecule has 1 aliphatic heterocycles. The van der Waals surface area contributed by atoms with E-state index in [0.717, 1.165) is 36.1 Å². The summed E-state index contributed by atoms with van der Waals surface area (Å²) in [7, 11) is 9.89. The largest absolute Gasteiger partial charge is 0.454 e. The maximum Gasteiger partial charge on any atom is 0.231 e. The van der Waals surface area contributed by atoms with E-state index in [0.29, 0.717) is 0 Å². The maximum atomic E-state index is 5.46. The van der Waals surface area contributed by atoms with Gasteiger partial charge in [0, 0.05) is 46.0 Å². The van der Waals surface area contributed by atoms with Crippen LogP contribution in [0.4, 0.5) is 0 Å². The molecule has 1 aromatic carbocycles. The Labute approximate surface area is 183 Å². The molecule has 0 radical (unpaired) electrons. The summed E-state index contributed by atoms with van der Waals surface area (Å²) in [5.41, 5.74) is 2.31. The number of ether oxygens (including phenoxy) is 2. The van der Waals surface area contributed by atoms with Gasteiger partial charge in [0.15, 0.2) is 17.5 Å². The van der Waals surface area contributed by atoms with Crippen LogP contribution < -0.4 is 14.8 Å². The van der Waals surface area contributed by atoms with E-state index in [4.69, 9.17) is 9.47 Å². The van der Waals surface area contributed by atoms with Gasteiger partial charge in [-0.2, -0.15) is 5.10 Å². The zero-order valence-corrected chi connectivity index (χ0v) is 19.4. The van der Waals surface area contributed by atoms with Crippen molar-refractivity contribution in [1.82, 2.24) is 24.9 Å². The molecule has 1 N–H and O–H groups in total. The lowest BCUT2D eigenvalue weighted by molar-refractivity contribution is 0.174. The Kier molecular flexibility index (Phi) is 7.93. The number of aliphatic imine (C=N–C) groups is 1. The quantitative estimate of drug-likeness (QED) is 0.372. The molecule has 1 unspecified atom stereocenters. The predicted molar refractivity (Wildman–Crippen MR) is 120 cm³/mol. The number of halogens is 1. The number of benzene rings is 1. The van der Waals surface area contributed by atoms with Crippen LogP contribution in [0, 0.1) is 0 Å². The lowest BCUT2D eigenvalue weighted by Crippen LogP contribution is -2.42. The lowest BCUT2D eigenvalue weighted by atomic mass is 10.1. The molecular weight excluding hydrogens is 471 g/mol. The molecule has 9 heteroatoms. The molecule has 8 nitrogen and oxygen atoms in total. The Balaban J connectivity index is 0.00000280. The van der Waals surface area contributed by atoms with Gasteiger partial charge in [-0.05, 0) is 31.8 Å². The lowest BCUT2D eigenvalue weighted by Gasteiger charge is -2.27. The first kappa shape index (κ1) is 22.3. The van der Waals surface area contributed by atoms with Crippen LogP contribution in [0.15, 0.2) is 35.6 Å². The molecule has 0 saturated heterocycles. The van der Waals surface area contributed by atoms with E-state index in [9.17, 15) is 0 Å². The number of nitrogens with one attached hydrogen (secondary N) is 1. The zero-order chi connectivity index (χ0) is 19.4. The van der Waals surface area contributed by atoms with Gasteiger partial charge in [0.2, 0.25) is 6.79 Å². The SMILES string of the molecule is CN=C(NCC(c1cnn(C)c1)N(C)C)N(C)Cc1ccc2c(c1)OCO2.I. The fourth-order valence-electron chi connectivity index (χ4n) is 3.17. The van der Waals surface area contributed by atoms with E-state index >= 15 is 0 Å². The molecule has 2 aromatic rings. The molecule has 2 heterocycles. The van der Waals surface area contributed by atoms with Gasteiger partial charge in [-0.25, -0.2) is 0 Å². The second-order valence-corrected chi connectivity index (χ2v) is 6.90. The Hall–Kier alpha value is -2.01. The molecule has 0 bridgehead atoms. The Morgan fingerprint density at radius 3 is 2.68 bits per heavy atom. The van der Waals surface area contributed by atoms with Crippen molar-refractivity contribution in [2.24, 2.45) is 12.0 Å². The molecule has 1 aliphatic rings. The second-order valence-electron chi connectivity index (χ2n) is 6.90. The maximum absolute atomic E-state index is 5.46. The van der Waals surface area contributed by atoms with Crippen LogP contribution in [0.3, 0.4) is 0 Å². The first-order chi connectivity index (χ1) is 13.0. The molecular formula is C19H29IN6O2. The average Bonchev–Trinajstić information content (AvgIpc) is 3.26. The molecule has 0 amide bonds. The van der Waals surface area contributed by atoms with Crippen molar-refractivity contribution in [1.29, 1.82) is 0 Å². The van der Waals surface area contributed by atoms with E-state index in [2.05, 4.69) is 45.4 Å². The van der Waals surface area contributed by atoms with Crippen molar-refractivity contribution in [3.8, 4) is 11.5 Å². The number of hydrogen-bond donors (Lipinski definition) is 1. The topological polar surface area (TPSA) is 67.2 Å². The van der Waals surface area contributed by atoms with Crippen molar-refractivity contribution in [3.05, 3.63) is 41.7 Å². The van der Waals surface area contributed by atoms with E-state index in [1.54, 1.807) is 7.05 Å². The minimum atomic E-state index is 0. The van der Waals surface area contributed by atoms with Gasteiger partial charge in [0.05, 0.1) is 12.2 Å². The van der Waals surface area contributed by atoms with E-state index < -0.39 is 0 Å². The molecule has 1 aromatic heterocycles. The van der Waals surface area contributed by atoms with Crippen LogP contribution in [0.25, 0.3) is 0 Å². The number of likely N-dealkylation sites (N-methyl/N-ethyl adjacent to an activating group) is 1. The highest BCUT2D eigenvalue weighted by Gasteiger charge is 2.18. The summed E-state index contributed by atoms with van der Waals surface area (Å²) in [6.45, 7) is 1.74. The first-order valence-corrected chi connectivity index (χ1v) is 8.93. The Bertz CT molecular complexity index is 807. The predicted octanol–water partition coefficient (Wildman–Crippen LogP) is 2.08. The third-order valence-corrected chi connectivity index (χ3v) is 4.62. The highest BCUT2D eigenvalue weighted by molar-refractivity contribution is 14.0. The van der Waals surface area contributed by atoms with Gasteiger partial charge < -0.3 is 24.6 Å². The number of fused-ring (bicyclic) bond motifs is 1. The number of aromatic nitrogens is 2. The third kappa shape index (κ3) is 5.28. The second kappa shape index (κ2) is 9.97. The van der Waals surface area contributed by atoms with Crippen molar-refractivity contribution >= 4 is 29.9 Å². The first-order valence-electron chi connectivity index (χ1n) is 8.93. The molecule has 0 saturated carbocycles. The third-order valence-electron chi connectivity index (χ3n) is 4.62. The van der Waals surface area contributed by atoms with Crippen molar-refractivity contribution in [2.75, 3.05) is 41.5 Å².